The minimum absolute atomic E-state index is 0.0537. The summed E-state index contributed by atoms with van der Waals surface area (Å²) in [6.45, 7) is 7.21. The molecule has 2 aromatic carbocycles. The minimum Gasteiger partial charge on any atom is -0.454 e. The minimum atomic E-state index is -1.19. The molecule has 0 unspecified atom stereocenters. The van der Waals surface area contributed by atoms with Crippen LogP contribution in [0.3, 0.4) is 0 Å². The zero-order chi connectivity index (χ0) is 33.3. The Labute approximate surface area is 269 Å². The van der Waals surface area contributed by atoms with Crippen molar-refractivity contribution in [1.82, 2.24) is 29.5 Å². The van der Waals surface area contributed by atoms with Crippen LogP contribution in [0.5, 0.6) is 11.5 Å². The second-order valence-electron chi connectivity index (χ2n) is 12.0. The lowest BCUT2D eigenvalue weighted by atomic mass is 9.97. The molecule has 2 fully saturated rings. The van der Waals surface area contributed by atoms with E-state index in [2.05, 4.69) is 26.0 Å². The molecule has 2 aliphatic heterocycles. The third kappa shape index (κ3) is 6.36. The number of morpholine rings is 1. The fourth-order valence-corrected chi connectivity index (χ4v) is 6.16. The molecule has 0 bridgehead atoms. The van der Waals surface area contributed by atoms with Crippen LogP contribution in [-0.4, -0.2) is 79.9 Å². The molecule has 2 saturated heterocycles. The Morgan fingerprint density at radius 2 is 1.94 bits per heavy atom. The lowest BCUT2D eigenvalue weighted by Crippen LogP contribution is -2.49. The molecule has 2 aromatic heterocycles. The van der Waals surface area contributed by atoms with E-state index in [0.29, 0.717) is 50.3 Å². The van der Waals surface area contributed by atoms with Crippen LogP contribution in [0.2, 0.25) is 0 Å². The average Bonchev–Trinajstić information content (AvgIpc) is 3.68. The van der Waals surface area contributed by atoms with Crippen molar-refractivity contribution >= 4 is 22.8 Å². The highest BCUT2D eigenvalue weighted by Crippen LogP contribution is 2.35. The summed E-state index contributed by atoms with van der Waals surface area (Å²) in [5.41, 5.74) is 6.34. The molecule has 244 valence electrons. The van der Waals surface area contributed by atoms with Crippen molar-refractivity contribution in [2.24, 2.45) is 0 Å². The van der Waals surface area contributed by atoms with Crippen LogP contribution in [0.25, 0.3) is 22.3 Å². The van der Waals surface area contributed by atoms with Gasteiger partial charge in [0, 0.05) is 36.8 Å². The van der Waals surface area contributed by atoms with Crippen LogP contribution in [0.1, 0.15) is 26.7 Å². The number of benzene rings is 2. The number of nitrogens with two attached hydrogens (primary N) is 1. The Morgan fingerprint density at radius 1 is 1.15 bits per heavy atom. The number of nitriles is 1. The third-order valence-electron chi connectivity index (χ3n) is 8.59. The zero-order valence-electron chi connectivity index (χ0n) is 25.9. The second kappa shape index (κ2) is 13.0. The van der Waals surface area contributed by atoms with Crippen LogP contribution in [0, 0.1) is 28.8 Å². The monoisotopic (exact) mass is 646 g/mol. The largest absolute Gasteiger partial charge is 0.454 e. The quantitative estimate of drug-likeness (QED) is 0.211. The van der Waals surface area contributed by atoms with E-state index < -0.39 is 23.0 Å². The van der Waals surface area contributed by atoms with Gasteiger partial charge in [0.05, 0.1) is 31.2 Å². The highest BCUT2D eigenvalue weighted by atomic mass is 19.2. The maximum Gasteiger partial charge on any atom is 0.264 e. The van der Waals surface area contributed by atoms with Crippen LogP contribution >= 0.6 is 0 Å². The predicted molar refractivity (Wildman–Crippen MR) is 166 cm³/mol. The van der Waals surface area contributed by atoms with E-state index in [1.54, 1.807) is 15.7 Å². The molecule has 2 N–H and O–H groups in total. The normalized spacial score (nSPS) is 17.7. The first-order valence-electron chi connectivity index (χ1n) is 15.2. The molecule has 0 radical (unpaired) electrons. The molecule has 0 aliphatic carbocycles. The number of amides is 1. The molecule has 14 heteroatoms. The van der Waals surface area contributed by atoms with Crippen molar-refractivity contribution in [3.8, 4) is 28.8 Å². The number of likely N-dealkylation sites (tertiary alicyclic amines) is 1. The molecule has 2 aliphatic rings. The van der Waals surface area contributed by atoms with Crippen molar-refractivity contribution in [2.45, 2.75) is 44.8 Å². The summed E-state index contributed by atoms with van der Waals surface area (Å²) < 4.78 is 55.8. The summed E-state index contributed by atoms with van der Waals surface area (Å²) in [7, 11) is 0. The molecule has 0 spiro atoms. The van der Waals surface area contributed by atoms with E-state index in [4.69, 9.17) is 15.2 Å². The summed E-state index contributed by atoms with van der Waals surface area (Å²) in [4.78, 5) is 26.1. The third-order valence-corrected chi connectivity index (χ3v) is 8.59. The fourth-order valence-electron chi connectivity index (χ4n) is 6.16. The predicted octanol–water partition coefficient (Wildman–Crippen LogP) is 4.84. The highest BCUT2D eigenvalue weighted by molar-refractivity contribution is 5.99. The summed E-state index contributed by atoms with van der Waals surface area (Å²) in [5.74, 6) is -3.76. The Balaban J connectivity index is 1.28. The summed E-state index contributed by atoms with van der Waals surface area (Å²) in [6.07, 6.45) is 4.39. The first kappa shape index (κ1) is 32.0. The van der Waals surface area contributed by atoms with Gasteiger partial charge in [0.15, 0.2) is 17.2 Å². The maximum absolute atomic E-state index is 15.6. The smallest absolute Gasteiger partial charge is 0.264 e. The Morgan fingerprint density at radius 3 is 2.68 bits per heavy atom. The number of nitrogen functional groups attached to an aromatic ring is 1. The molecular formula is C33H33F3N8O3. The van der Waals surface area contributed by atoms with Crippen molar-refractivity contribution in [2.75, 3.05) is 38.6 Å². The van der Waals surface area contributed by atoms with Gasteiger partial charge in [0.1, 0.15) is 41.0 Å². The van der Waals surface area contributed by atoms with Crippen LogP contribution in [-0.2, 0) is 16.1 Å². The second-order valence-corrected chi connectivity index (χ2v) is 12.0. The number of anilines is 1. The standard InChI is InChI=1S/C33H33F3N8O3/c1-33(2,42-11-13-46-14-12-42)16-20(17-37)32(45)43-10-4-5-21(43)18-44-31-27(30(38)39-19-40-31)29(41-44)23-9-8-22(15-25(23)35)47-26-7-3-6-24(34)28(26)36/h3,6-9,15-16,19,21H,4-5,10-14,18H2,1-2H3,(H2,38,39,40)/t21-/m1/s1. The topological polar surface area (TPSA) is 135 Å². The first-order chi connectivity index (χ1) is 22.6. The van der Waals surface area contributed by atoms with E-state index in [1.807, 2.05) is 13.8 Å². The number of aromatic nitrogens is 4. The molecule has 11 nitrogen and oxygen atoms in total. The number of fused-ring (bicyclic) bond motifs is 1. The Bertz CT molecular complexity index is 1900. The van der Waals surface area contributed by atoms with E-state index in [0.717, 1.165) is 18.6 Å². The Hall–Kier alpha value is -5.00. The molecule has 1 atom stereocenters. The summed E-state index contributed by atoms with van der Waals surface area (Å²) in [6, 6.07) is 9.09. The molecule has 6 rings (SSSR count). The molecule has 0 saturated carbocycles. The number of nitrogens with zero attached hydrogens (tertiary/aromatic N) is 7. The number of hydrogen-bond acceptors (Lipinski definition) is 9. The number of hydrogen-bond donors (Lipinski definition) is 1. The molecule has 47 heavy (non-hydrogen) atoms. The molecule has 4 aromatic rings. The number of halogens is 3. The highest BCUT2D eigenvalue weighted by Gasteiger charge is 2.34. The first-order valence-corrected chi connectivity index (χ1v) is 15.2. The SMILES string of the molecule is CC(C)(C=C(C#N)C(=O)N1CCC[C@@H]1Cn1nc(-c2ccc(Oc3cccc(F)c3F)cc2F)c2c(N)ncnc21)N1CCOCC1. The van der Waals surface area contributed by atoms with Gasteiger partial charge in [-0.1, -0.05) is 6.07 Å². The number of carbonyl (C=O) groups excluding carboxylic acids is 1. The lowest BCUT2D eigenvalue weighted by molar-refractivity contribution is -0.127. The average molecular weight is 647 g/mol. The van der Waals surface area contributed by atoms with Gasteiger partial charge in [0.25, 0.3) is 5.91 Å². The maximum atomic E-state index is 15.6. The van der Waals surface area contributed by atoms with E-state index in [9.17, 15) is 18.8 Å². The summed E-state index contributed by atoms with van der Waals surface area (Å²) in [5, 5.41) is 15.0. The van der Waals surface area contributed by atoms with E-state index in [1.165, 1.54) is 30.6 Å². The van der Waals surface area contributed by atoms with Gasteiger partial charge in [-0.2, -0.15) is 14.8 Å². The van der Waals surface area contributed by atoms with Crippen molar-refractivity contribution < 1.29 is 27.4 Å². The van der Waals surface area contributed by atoms with Gasteiger partial charge in [0.2, 0.25) is 5.82 Å². The van der Waals surface area contributed by atoms with E-state index in [-0.39, 0.29) is 52.6 Å². The molecule has 4 heterocycles. The van der Waals surface area contributed by atoms with Crippen molar-refractivity contribution in [3.63, 3.8) is 0 Å². The van der Waals surface area contributed by atoms with Gasteiger partial charge in [-0.15, -0.1) is 0 Å². The van der Waals surface area contributed by atoms with Gasteiger partial charge in [-0.3, -0.25) is 9.69 Å². The van der Waals surface area contributed by atoms with Crippen molar-refractivity contribution in [1.29, 1.82) is 5.26 Å². The van der Waals surface area contributed by atoms with Crippen LogP contribution in [0.15, 0.2) is 54.4 Å². The zero-order valence-corrected chi connectivity index (χ0v) is 25.9. The van der Waals surface area contributed by atoms with Gasteiger partial charge < -0.3 is 20.1 Å². The summed E-state index contributed by atoms with van der Waals surface area (Å²) >= 11 is 0. The van der Waals surface area contributed by atoms with Crippen LogP contribution < -0.4 is 10.5 Å². The van der Waals surface area contributed by atoms with Crippen molar-refractivity contribution in [3.05, 3.63) is 71.8 Å². The lowest BCUT2D eigenvalue weighted by Gasteiger charge is -2.39. The number of carbonyl (C=O) groups is 1. The van der Waals surface area contributed by atoms with Gasteiger partial charge in [-0.05, 0) is 57.0 Å². The number of rotatable bonds is 8. The molecule has 1 amide bonds. The van der Waals surface area contributed by atoms with Crippen LogP contribution in [0.4, 0.5) is 19.0 Å². The molecular weight excluding hydrogens is 613 g/mol. The fraction of sp³-hybridized carbons (Fsp3) is 0.364. The van der Waals surface area contributed by atoms with Gasteiger partial charge in [-0.25, -0.2) is 23.4 Å². The number of ether oxygens (including phenoxy) is 2. The Kier molecular flexibility index (Phi) is 8.85. The van der Waals surface area contributed by atoms with Gasteiger partial charge >= 0.3 is 0 Å². The van der Waals surface area contributed by atoms with E-state index >= 15 is 4.39 Å².